The molecule has 4 heteroatoms. The third-order valence-electron chi connectivity index (χ3n) is 4.81. The van der Waals surface area contributed by atoms with Gasteiger partial charge in [-0.05, 0) is 30.7 Å². The first-order valence-electron chi connectivity index (χ1n) is 7.94. The lowest BCUT2D eigenvalue weighted by atomic mass is 9.82. The van der Waals surface area contributed by atoms with E-state index in [2.05, 4.69) is 6.92 Å². The Morgan fingerprint density at radius 1 is 1.32 bits per heavy atom. The van der Waals surface area contributed by atoms with E-state index in [1.807, 2.05) is 35.2 Å². The van der Waals surface area contributed by atoms with Crippen molar-refractivity contribution in [3.8, 4) is 0 Å². The standard InChI is InChI=1S/C18H25NO3/c1-14(16(12-20)11-15-7-4-3-5-8-15)18(22-2)17-9-6-10-19(17)13-21/h3-5,7-8,12-14,16-18H,6,9-11H2,1-2H3. The van der Waals surface area contributed by atoms with E-state index >= 15 is 0 Å². The monoisotopic (exact) mass is 303 g/mol. The highest BCUT2D eigenvalue weighted by Gasteiger charge is 2.37. The summed E-state index contributed by atoms with van der Waals surface area (Å²) >= 11 is 0. The van der Waals surface area contributed by atoms with Crippen LogP contribution in [0.15, 0.2) is 30.3 Å². The van der Waals surface area contributed by atoms with Crippen LogP contribution in [0.5, 0.6) is 0 Å². The van der Waals surface area contributed by atoms with Crippen LogP contribution in [0.4, 0.5) is 0 Å². The molecule has 1 aliphatic rings. The maximum Gasteiger partial charge on any atom is 0.210 e. The Kier molecular flexibility index (Phi) is 6.13. The lowest BCUT2D eigenvalue weighted by Crippen LogP contribution is -2.45. The number of carbonyl (C=O) groups excluding carboxylic acids is 2. The van der Waals surface area contributed by atoms with Gasteiger partial charge in [0, 0.05) is 19.6 Å². The SMILES string of the molecule is COC(C(C)C(C=O)Cc1ccccc1)C1CCCN1C=O. The smallest absolute Gasteiger partial charge is 0.210 e. The molecule has 0 radical (unpaired) electrons. The summed E-state index contributed by atoms with van der Waals surface area (Å²) < 4.78 is 5.69. The number of benzene rings is 1. The third-order valence-corrected chi connectivity index (χ3v) is 4.81. The van der Waals surface area contributed by atoms with Gasteiger partial charge in [0.05, 0.1) is 12.1 Å². The van der Waals surface area contributed by atoms with Crippen molar-refractivity contribution in [3.63, 3.8) is 0 Å². The molecule has 4 nitrogen and oxygen atoms in total. The highest BCUT2D eigenvalue weighted by atomic mass is 16.5. The maximum absolute atomic E-state index is 11.6. The lowest BCUT2D eigenvalue weighted by molar-refractivity contribution is -0.123. The summed E-state index contributed by atoms with van der Waals surface area (Å²) in [5, 5.41) is 0. The highest BCUT2D eigenvalue weighted by Crippen LogP contribution is 2.29. The van der Waals surface area contributed by atoms with Crippen LogP contribution in [0.2, 0.25) is 0 Å². The van der Waals surface area contributed by atoms with Gasteiger partial charge in [0.1, 0.15) is 6.29 Å². The molecule has 4 atom stereocenters. The average Bonchev–Trinajstić information content (AvgIpc) is 3.02. The number of likely N-dealkylation sites (tertiary alicyclic amines) is 1. The zero-order chi connectivity index (χ0) is 15.9. The molecule has 2 rings (SSSR count). The van der Waals surface area contributed by atoms with Crippen molar-refractivity contribution < 1.29 is 14.3 Å². The van der Waals surface area contributed by atoms with Crippen molar-refractivity contribution in [1.29, 1.82) is 0 Å². The number of amides is 1. The van der Waals surface area contributed by atoms with Gasteiger partial charge in [-0.1, -0.05) is 37.3 Å². The van der Waals surface area contributed by atoms with Crippen molar-refractivity contribution >= 4 is 12.7 Å². The van der Waals surface area contributed by atoms with E-state index in [1.54, 1.807) is 7.11 Å². The van der Waals surface area contributed by atoms with Crippen molar-refractivity contribution in [2.45, 2.75) is 38.3 Å². The van der Waals surface area contributed by atoms with Gasteiger partial charge in [-0.15, -0.1) is 0 Å². The molecule has 1 heterocycles. The molecule has 1 aliphatic heterocycles. The van der Waals surface area contributed by atoms with Crippen LogP contribution < -0.4 is 0 Å². The van der Waals surface area contributed by atoms with Crippen LogP contribution in [-0.4, -0.2) is 43.4 Å². The van der Waals surface area contributed by atoms with E-state index in [9.17, 15) is 9.59 Å². The van der Waals surface area contributed by atoms with E-state index in [-0.39, 0.29) is 24.0 Å². The van der Waals surface area contributed by atoms with E-state index in [1.165, 1.54) is 0 Å². The Balaban J connectivity index is 2.09. The van der Waals surface area contributed by atoms with Gasteiger partial charge in [0.2, 0.25) is 6.41 Å². The fourth-order valence-electron chi connectivity index (χ4n) is 3.51. The van der Waals surface area contributed by atoms with Gasteiger partial charge in [0.25, 0.3) is 0 Å². The van der Waals surface area contributed by atoms with Gasteiger partial charge in [0.15, 0.2) is 0 Å². The molecule has 120 valence electrons. The van der Waals surface area contributed by atoms with Gasteiger partial charge >= 0.3 is 0 Å². The highest BCUT2D eigenvalue weighted by molar-refractivity contribution is 5.55. The molecule has 1 amide bonds. The summed E-state index contributed by atoms with van der Waals surface area (Å²) in [6, 6.07) is 10.1. The Bertz CT molecular complexity index is 476. The number of rotatable bonds is 8. The summed E-state index contributed by atoms with van der Waals surface area (Å²) in [5.41, 5.74) is 1.15. The van der Waals surface area contributed by atoms with E-state index in [4.69, 9.17) is 4.74 Å². The summed E-state index contributed by atoms with van der Waals surface area (Å²) in [6.07, 6.45) is 4.48. The first-order chi connectivity index (χ1) is 10.7. The third kappa shape index (κ3) is 3.74. The quantitative estimate of drug-likeness (QED) is 0.692. The molecule has 0 aromatic heterocycles. The van der Waals surface area contributed by atoms with Gasteiger partial charge in [-0.3, -0.25) is 4.79 Å². The predicted octanol–water partition coefficient (Wildman–Crippen LogP) is 2.32. The summed E-state index contributed by atoms with van der Waals surface area (Å²) in [7, 11) is 1.67. The molecule has 0 saturated carbocycles. The van der Waals surface area contributed by atoms with E-state index in [0.29, 0.717) is 6.42 Å². The largest absolute Gasteiger partial charge is 0.379 e. The Morgan fingerprint density at radius 3 is 2.64 bits per heavy atom. The molecule has 22 heavy (non-hydrogen) atoms. The predicted molar refractivity (Wildman–Crippen MR) is 85.5 cm³/mol. The van der Waals surface area contributed by atoms with Crippen molar-refractivity contribution in [2.75, 3.05) is 13.7 Å². The number of nitrogens with zero attached hydrogens (tertiary/aromatic N) is 1. The van der Waals surface area contributed by atoms with Crippen molar-refractivity contribution in [3.05, 3.63) is 35.9 Å². The molecular weight excluding hydrogens is 278 g/mol. The minimum atomic E-state index is -0.110. The van der Waals surface area contributed by atoms with Gasteiger partial charge < -0.3 is 14.4 Å². The summed E-state index contributed by atoms with van der Waals surface area (Å²) in [4.78, 5) is 24.6. The van der Waals surface area contributed by atoms with Gasteiger partial charge in [-0.2, -0.15) is 0 Å². The molecule has 0 bridgehead atoms. The summed E-state index contributed by atoms with van der Waals surface area (Å²) in [6.45, 7) is 2.84. The van der Waals surface area contributed by atoms with Crippen LogP contribution >= 0.6 is 0 Å². The van der Waals surface area contributed by atoms with Crippen molar-refractivity contribution in [2.24, 2.45) is 11.8 Å². The minimum Gasteiger partial charge on any atom is -0.379 e. The molecular formula is C18H25NO3. The average molecular weight is 303 g/mol. The van der Waals surface area contributed by atoms with Crippen LogP contribution in [0.25, 0.3) is 0 Å². The lowest BCUT2D eigenvalue weighted by Gasteiger charge is -2.34. The van der Waals surface area contributed by atoms with Crippen LogP contribution in [-0.2, 0) is 20.7 Å². The molecule has 4 unspecified atom stereocenters. The van der Waals surface area contributed by atoms with Crippen molar-refractivity contribution in [1.82, 2.24) is 4.90 Å². The first-order valence-corrected chi connectivity index (χ1v) is 7.94. The number of carbonyl (C=O) groups is 2. The molecule has 1 fully saturated rings. The molecule has 0 aliphatic carbocycles. The fourth-order valence-corrected chi connectivity index (χ4v) is 3.51. The summed E-state index contributed by atoms with van der Waals surface area (Å²) in [5.74, 6) is -0.0466. The van der Waals surface area contributed by atoms with Crippen LogP contribution in [0.3, 0.4) is 0 Å². The number of methoxy groups -OCH3 is 1. The van der Waals surface area contributed by atoms with Crippen LogP contribution in [0, 0.1) is 11.8 Å². The molecule has 0 N–H and O–H groups in total. The second-order valence-corrected chi connectivity index (χ2v) is 6.10. The second kappa shape index (κ2) is 8.08. The topological polar surface area (TPSA) is 46.6 Å². The minimum absolute atomic E-state index is 0.0632. The molecule has 1 aromatic carbocycles. The fraction of sp³-hybridized carbons (Fsp3) is 0.556. The number of aldehydes is 1. The molecule has 0 spiro atoms. The van der Waals surface area contributed by atoms with Gasteiger partial charge in [-0.25, -0.2) is 0 Å². The number of hydrogen-bond acceptors (Lipinski definition) is 3. The number of ether oxygens (including phenoxy) is 1. The molecule has 1 aromatic rings. The molecule has 1 saturated heterocycles. The second-order valence-electron chi connectivity index (χ2n) is 6.10. The zero-order valence-electron chi connectivity index (χ0n) is 13.4. The normalized spacial score (nSPS) is 22.1. The van der Waals surface area contributed by atoms with E-state index < -0.39 is 0 Å². The van der Waals surface area contributed by atoms with Crippen LogP contribution in [0.1, 0.15) is 25.3 Å². The number of hydrogen-bond donors (Lipinski definition) is 0. The Hall–Kier alpha value is -1.68. The maximum atomic E-state index is 11.6. The van der Waals surface area contributed by atoms with E-state index in [0.717, 1.165) is 37.6 Å². The first kappa shape index (κ1) is 16.7. The Morgan fingerprint density at radius 2 is 2.05 bits per heavy atom. The Labute approximate surface area is 132 Å². The zero-order valence-corrected chi connectivity index (χ0v) is 13.4.